The minimum Gasteiger partial charge on any atom is -0.508 e. The van der Waals surface area contributed by atoms with Crippen molar-refractivity contribution in [2.75, 3.05) is 20.3 Å². The van der Waals surface area contributed by atoms with Crippen molar-refractivity contribution in [2.45, 2.75) is 38.3 Å². The molecule has 0 amide bonds. The van der Waals surface area contributed by atoms with Crippen LogP contribution in [0.1, 0.15) is 38.3 Å². The Kier molecular flexibility index (Phi) is 6.95. The molecule has 1 aromatic carbocycles. The highest BCUT2D eigenvalue weighted by molar-refractivity contribution is 9.10. The van der Waals surface area contributed by atoms with E-state index in [1.807, 2.05) is 13.0 Å². The number of phenolic OH excluding ortho intramolecular Hbond substituents is 1. The second-order valence-corrected chi connectivity index (χ2v) is 6.20. The second kappa shape index (κ2) is 7.98. The minimum atomic E-state index is -0.828. The molecule has 1 rings (SSSR count). The number of rotatable bonds is 8. The SMILES string of the molecule is CCC(NCC(C)(O)CCOC)c1cc(Br)ccc1O. The summed E-state index contributed by atoms with van der Waals surface area (Å²) in [6.07, 6.45) is 1.39. The van der Waals surface area contributed by atoms with Crippen molar-refractivity contribution in [1.29, 1.82) is 0 Å². The van der Waals surface area contributed by atoms with Crippen LogP contribution in [0.4, 0.5) is 0 Å². The normalized spacial score (nSPS) is 15.8. The molecule has 0 spiro atoms. The number of methoxy groups -OCH3 is 1. The molecule has 0 radical (unpaired) electrons. The molecular weight excluding hydrogens is 322 g/mol. The monoisotopic (exact) mass is 345 g/mol. The van der Waals surface area contributed by atoms with Crippen molar-refractivity contribution in [3.05, 3.63) is 28.2 Å². The van der Waals surface area contributed by atoms with Crippen LogP contribution in [0.3, 0.4) is 0 Å². The third-order valence-corrected chi connectivity index (χ3v) is 3.84. The van der Waals surface area contributed by atoms with Gasteiger partial charge >= 0.3 is 0 Å². The van der Waals surface area contributed by atoms with Gasteiger partial charge < -0.3 is 20.3 Å². The number of hydrogen-bond acceptors (Lipinski definition) is 4. The van der Waals surface area contributed by atoms with Crippen LogP contribution in [0.25, 0.3) is 0 Å². The van der Waals surface area contributed by atoms with Gasteiger partial charge in [0.05, 0.1) is 5.60 Å². The molecule has 2 unspecified atom stereocenters. The summed E-state index contributed by atoms with van der Waals surface area (Å²) in [6, 6.07) is 5.38. The molecule has 3 N–H and O–H groups in total. The molecule has 4 nitrogen and oxygen atoms in total. The molecule has 0 saturated heterocycles. The van der Waals surface area contributed by atoms with E-state index < -0.39 is 5.60 Å². The fourth-order valence-corrected chi connectivity index (χ4v) is 2.41. The maximum Gasteiger partial charge on any atom is 0.120 e. The summed E-state index contributed by atoms with van der Waals surface area (Å²) >= 11 is 3.41. The Morgan fingerprint density at radius 2 is 2.15 bits per heavy atom. The lowest BCUT2D eigenvalue weighted by atomic mass is 9.99. The van der Waals surface area contributed by atoms with Crippen LogP contribution in [0.15, 0.2) is 22.7 Å². The lowest BCUT2D eigenvalue weighted by Crippen LogP contribution is -2.40. The molecule has 2 atom stereocenters. The summed E-state index contributed by atoms with van der Waals surface area (Å²) in [4.78, 5) is 0. The first-order valence-corrected chi connectivity index (χ1v) is 7.62. The second-order valence-electron chi connectivity index (χ2n) is 5.28. The summed E-state index contributed by atoms with van der Waals surface area (Å²) in [5.74, 6) is 0.268. The number of halogens is 1. The van der Waals surface area contributed by atoms with E-state index in [1.165, 1.54) is 0 Å². The Bertz CT molecular complexity index is 424. The van der Waals surface area contributed by atoms with Gasteiger partial charge in [-0.3, -0.25) is 0 Å². The molecule has 20 heavy (non-hydrogen) atoms. The van der Waals surface area contributed by atoms with Gasteiger partial charge in [0.15, 0.2) is 0 Å². The fourth-order valence-electron chi connectivity index (χ4n) is 2.03. The summed E-state index contributed by atoms with van der Waals surface area (Å²) in [7, 11) is 1.62. The average Bonchev–Trinajstić information content (AvgIpc) is 2.41. The van der Waals surface area contributed by atoms with Gasteiger partial charge in [0, 0.05) is 42.8 Å². The summed E-state index contributed by atoms with van der Waals surface area (Å²) in [5, 5.41) is 23.5. The Balaban J connectivity index is 2.70. The van der Waals surface area contributed by atoms with Crippen molar-refractivity contribution in [3.8, 4) is 5.75 Å². The van der Waals surface area contributed by atoms with Gasteiger partial charge in [-0.1, -0.05) is 22.9 Å². The summed E-state index contributed by atoms with van der Waals surface area (Å²) < 4.78 is 5.92. The van der Waals surface area contributed by atoms with Crippen molar-refractivity contribution in [3.63, 3.8) is 0 Å². The van der Waals surface area contributed by atoms with Crippen LogP contribution in [-0.2, 0) is 4.74 Å². The van der Waals surface area contributed by atoms with Crippen molar-refractivity contribution in [1.82, 2.24) is 5.32 Å². The lowest BCUT2D eigenvalue weighted by molar-refractivity contribution is 0.0225. The Morgan fingerprint density at radius 3 is 2.75 bits per heavy atom. The Labute approximate surface area is 129 Å². The Morgan fingerprint density at radius 1 is 1.45 bits per heavy atom. The topological polar surface area (TPSA) is 61.7 Å². The van der Waals surface area contributed by atoms with Crippen LogP contribution in [0.5, 0.6) is 5.75 Å². The van der Waals surface area contributed by atoms with E-state index in [9.17, 15) is 10.2 Å². The van der Waals surface area contributed by atoms with Crippen molar-refractivity contribution in [2.24, 2.45) is 0 Å². The van der Waals surface area contributed by atoms with Gasteiger partial charge in [-0.25, -0.2) is 0 Å². The molecule has 0 aliphatic rings. The van der Waals surface area contributed by atoms with Crippen LogP contribution in [0.2, 0.25) is 0 Å². The zero-order valence-electron chi connectivity index (χ0n) is 12.3. The number of benzene rings is 1. The maximum absolute atomic E-state index is 10.2. The van der Waals surface area contributed by atoms with Gasteiger partial charge in [-0.05, 0) is 31.5 Å². The lowest BCUT2D eigenvalue weighted by Gasteiger charge is -2.27. The third-order valence-electron chi connectivity index (χ3n) is 3.35. The number of hydrogen-bond donors (Lipinski definition) is 3. The van der Waals surface area contributed by atoms with Crippen molar-refractivity contribution >= 4 is 15.9 Å². The first-order chi connectivity index (χ1) is 9.39. The largest absolute Gasteiger partial charge is 0.508 e. The predicted octanol–water partition coefficient (Wildman–Crippen LogP) is 2.98. The molecule has 1 aromatic rings. The van der Waals surface area contributed by atoms with Gasteiger partial charge in [0.2, 0.25) is 0 Å². The number of nitrogens with one attached hydrogen (secondary N) is 1. The van der Waals surface area contributed by atoms with E-state index in [2.05, 4.69) is 21.2 Å². The molecule has 0 aliphatic carbocycles. The van der Waals surface area contributed by atoms with E-state index in [1.54, 1.807) is 26.2 Å². The van der Waals surface area contributed by atoms with E-state index in [0.717, 1.165) is 16.5 Å². The summed E-state index contributed by atoms with van der Waals surface area (Å²) in [6.45, 7) is 4.79. The molecule has 0 fully saturated rings. The molecular formula is C15H24BrNO3. The van der Waals surface area contributed by atoms with Gasteiger partial charge in [0.25, 0.3) is 0 Å². The number of aromatic hydroxyl groups is 1. The predicted molar refractivity (Wildman–Crippen MR) is 84.0 cm³/mol. The van der Waals surface area contributed by atoms with E-state index >= 15 is 0 Å². The molecule has 0 bridgehead atoms. The van der Waals surface area contributed by atoms with E-state index in [-0.39, 0.29) is 11.8 Å². The average molecular weight is 346 g/mol. The highest BCUT2D eigenvalue weighted by Crippen LogP contribution is 2.29. The number of ether oxygens (including phenoxy) is 1. The standard InChI is InChI=1S/C15H24BrNO3/c1-4-13(12-9-11(16)5-6-14(12)18)17-10-15(2,19)7-8-20-3/h5-6,9,13,17-19H,4,7-8,10H2,1-3H3. The highest BCUT2D eigenvalue weighted by Gasteiger charge is 2.22. The maximum atomic E-state index is 10.2. The van der Waals surface area contributed by atoms with Crippen LogP contribution < -0.4 is 5.32 Å². The molecule has 5 heteroatoms. The zero-order valence-corrected chi connectivity index (χ0v) is 13.9. The third kappa shape index (κ3) is 5.40. The first-order valence-electron chi connectivity index (χ1n) is 6.82. The molecule has 0 aliphatic heterocycles. The minimum absolute atomic E-state index is 0.00141. The van der Waals surface area contributed by atoms with Gasteiger partial charge in [-0.2, -0.15) is 0 Å². The molecule has 114 valence electrons. The van der Waals surface area contributed by atoms with Crippen LogP contribution in [-0.4, -0.2) is 36.1 Å². The van der Waals surface area contributed by atoms with E-state index in [0.29, 0.717) is 19.6 Å². The highest BCUT2D eigenvalue weighted by atomic mass is 79.9. The summed E-state index contributed by atoms with van der Waals surface area (Å²) in [5.41, 5.74) is 0.00911. The zero-order chi connectivity index (χ0) is 15.2. The smallest absolute Gasteiger partial charge is 0.120 e. The van der Waals surface area contributed by atoms with E-state index in [4.69, 9.17) is 4.74 Å². The molecule has 0 heterocycles. The quantitative estimate of drug-likeness (QED) is 0.677. The van der Waals surface area contributed by atoms with Crippen LogP contribution in [0, 0.1) is 0 Å². The van der Waals surface area contributed by atoms with Crippen molar-refractivity contribution < 1.29 is 14.9 Å². The van der Waals surface area contributed by atoms with Gasteiger partial charge in [-0.15, -0.1) is 0 Å². The van der Waals surface area contributed by atoms with Gasteiger partial charge in [0.1, 0.15) is 5.75 Å². The van der Waals surface area contributed by atoms with Crippen LogP contribution >= 0.6 is 15.9 Å². The fraction of sp³-hybridized carbons (Fsp3) is 0.600. The first kappa shape index (κ1) is 17.4. The Hall–Kier alpha value is -0.620. The molecule has 0 aromatic heterocycles. The molecule has 0 saturated carbocycles. The number of phenols is 1. The number of aliphatic hydroxyl groups is 1.